The largest absolute Gasteiger partial charge is 0.390 e. The standard InChI is InChI=1S/C18H22N4O/c1-13-16-5-2-3-6-17(16)19-18(13)11-21-7-4-8-22-15(10-21)9-14(12-23)20-22/h2-3,5-6,9,19,23H,4,7-8,10-12H2,1H3. The van der Waals surface area contributed by atoms with Crippen LogP contribution in [0.5, 0.6) is 0 Å². The molecule has 0 saturated carbocycles. The average molecular weight is 310 g/mol. The zero-order chi connectivity index (χ0) is 15.8. The van der Waals surface area contributed by atoms with Crippen LogP contribution >= 0.6 is 0 Å². The van der Waals surface area contributed by atoms with Gasteiger partial charge >= 0.3 is 0 Å². The van der Waals surface area contributed by atoms with Crippen LogP contribution in [0.2, 0.25) is 0 Å². The molecule has 120 valence electrons. The maximum Gasteiger partial charge on any atom is 0.0882 e. The second-order valence-electron chi connectivity index (χ2n) is 6.35. The Morgan fingerprint density at radius 3 is 2.96 bits per heavy atom. The zero-order valence-electron chi connectivity index (χ0n) is 13.4. The summed E-state index contributed by atoms with van der Waals surface area (Å²) in [7, 11) is 0. The molecule has 0 saturated heterocycles. The van der Waals surface area contributed by atoms with E-state index in [2.05, 4.69) is 46.2 Å². The summed E-state index contributed by atoms with van der Waals surface area (Å²) in [4.78, 5) is 6.03. The Kier molecular flexibility index (Phi) is 3.67. The summed E-state index contributed by atoms with van der Waals surface area (Å²) < 4.78 is 2.05. The highest BCUT2D eigenvalue weighted by atomic mass is 16.3. The maximum atomic E-state index is 9.28. The molecule has 23 heavy (non-hydrogen) atoms. The van der Waals surface area contributed by atoms with Crippen LogP contribution < -0.4 is 0 Å². The number of aryl methyl sites for hydroxylation is 2. The van der Waals surface area contributed by atoms with Crippen LogP contribution in [0.1, 0.15) is 29.1 Å². The van der Waals surface area contributed by atoms with Crippen molar-refractivity contribution in [2.75, 3.05) is 6.54 Å². The van der Waals surface area contributed by atoms with Crippen LogP contribution in [-0.4, -0.2) is 31.3 Å². The molecular weight excluding hydrogens is 288 g/mol. The third-order valence-corrected chi connectivity index (χ3v) is 4.76. The Bertz CT molecular complexity index is 833. The molecule has 0 bridgehead atoms. The van der Waals surface area contributed by atoms with Crippen molar-refractivity contribution in [3.8, 4) is 0 Å². The summed E-state index contributed by atoms with van der Waals surface area (Å²) in [5, 5.41) is 15.0. The van der Waals surface area contributed by atoms with E-state index in [-0.39, 0.29) is 6.61 Å². The molecule has 0 spiro atoms. The predicted molar refractivity (Wildman–Crippen MR) is 89.9 cm³/mol. The Morgan fingerprint density at radius 2 is 2.13 bits per heavy atom. The molecule has 1 aliphatic heterocycles. The Labute approximate surface area is 135 Å². The van der Waals surface area contributed by atoms with E-state index in [0.717, 1.165) is 38.3 Å². The van der Waals surface area contributed by atoms with E-state index < -0.39 is 0 Å². The molecule has 0 fully saturated rings. The van der Waals surface area contributed by atoms with Crippen LogP contribution in [0.4, 0.5) is 0 Å². The minimum Gasteiger partial charge on any atom is -0.390 e. The highest BCUT2D eigenvalue weighted by molar-refractivity contribution is 5.84. The van der Waals surface area contributed by atoms with Gasteiger partial charge in [0.15, 0.2) is 0 Å². The molecule has 0 unspecified atom stereocenters. The lowest BCUT2D eigenvalue weighted by atomic mass is 10.1. The first-order valence-corrected chi connectivity index (χ1v) is 8.19. The molecule has 4 rings (SSSR count). The van der Waals surface area contributed by atoms with Crippen molar-refractivity contribution in [1.82, 2.24) is 19.7 Å². The van der Waals surface area contributed by atoms with Crippen LogP contribution in [0.25, 0.3) is 10.9 Å². The SMILES string of the molecule is Cc1c(CN2CCCn3nc(CO)cc3C2)[nH]c2ccccc12. The molecule has 0 amide bonds. The molecule has 1 aromatic carbocycles. The number of benzene rings is 1. The van der Waals surface area contributed by atoms with E-state index >= 15 is 0 Å². The Hall–Kier alpha value is -2.11. The van der Waals surface area contributed by atoms with Crippen molar-refractivity contribution in [2.24, 2.45) is 0 Å². The first-order valence-electron chi connectivity index (χ1n) is 8.19. The topological polar surface area (TPSA) is 57.1 Å². The van der Waals surface area contributed by atoms with Gasteiger partial charge in [-0.15, -0.1) is 0 Å². The van der Waals surface area contributed by atoms with Gasteiger partial charge in [-0.25, -0.2) is 0 Å². The van der Waals surface area contributed by atoms with Crippen molar-refractivity contribution in [3.05, 3.63) is 53.0 Å². The molecular formula is C18H22N4O. The molecule has 3 heterocycles. The number of aromatic nitrogens is 3. The summed E-state index contributed by atoms with van der Waals surface area (Å²) in [6.45, 7) is 5.99. The van der Waals surface area contributed by atoms with Gasteiger partial charge in [0, 0.05) is 42.8 Å². The van der Waals surface area contributed by atoms with Crippen LogP contribution in [0.3, 0.4) is 0 Å². The van der Waals surface area contributed by atoms with E-state index in [1.54, 1.807) is 0 Å². The van der Waals surface area contributed by atoms with E-state index in [0.29, 0.717) is 0 Å². The average Bonchev–Trinajstić information content (AvgIpc) is 3.03. The fourth-order valence-corrected chi connectivity index (χ4v) is 3.52. The maximum absolute atomic E-state index is 9.28. The van der Waals surface area contributed by atoms with Gasteiger partial charge in [0.25, 0.3) is 0 Å². The van der Waals surface area contributed by atoms with Crippen LogP contribution in [-0.2, 0) is 26.2 Å². The number of hydrogen-bond donors (Lipinski definition) is 2. The number of nitrogens with zero attached hydrogens (tertiary/aromatic N) is 3. The number of rotatable bonds is 3. The minimum absolute atomic E-state index is 0.0150. The smallest absolute Gasteiger partial charge is 0.0882 e. The third kappa shape index (κ3) is 2.66. The fourth-order valence-electron chi connectivity index (χ4n) is 3.52. The number of para-hydroxylation sites is 1. The molecule has 0 aliphatic carbocycles. The monoisotopic (exact) mass is 310 g/mol. The normalized spacial score (nSPS) is 15.7. The quantitative estimate of drug-likeness (QED) is 0.782. The van der Waals surface area contributed by atoms with Crippen molar-refractivity contribution in [2.45, 2.75) is 39.6 Å². The molecule has 5 nitrogen and oxygen atoms in total. The molecule has 2 aromatic heterocycles. The summed E-state index contributed by atoms with van der Waals surface area (Å²) in [6.07, 6.45) is 1.08. The van der Waals surface area contributed by atoms with Gasteiger partial charge in [-0.2, -0.15) is 5.10 Å². The van der Waals surface area contributed by atoms with Gasteiger partial charge in [0.1, 0.15) is 0 Å². The van der Waals surface area contributed by atoms with Gasteiger partial charge in [0.2, 0.25) is 0 Å². The van der Waals surface area contributed by atoms with E-state index in [1.807, 2.05) is 10.7 Å². The molecule has 0 radical (unpaired) electrons. The molecule has 3 aromatic rings. The lowest BCUT2D eigenvalue weighted by Gasteiger charge is -2.19. The van der Waals surface area contributed by atoms with Crippen molar-refractivity contribution < 1.29 is 5.11 Å². The van der Waals surface area contributed by atoms with Gasteiger partial charge in [-0.3, -0.25) is 9.58 Å². The number of aliphatic hydroxyl groups excluding tert-OH is 1. The summed E-state index contributed by atoms with van der Waals surface area (Å²) in [6, 6.07) is 10.5. The predicted octanol–water partition coefficient (Wildman–Crippen LogP) is 2.57. The first-order chi connectivity index (χ1) is 11.2. The summed E-state index contributed by atoms with van der Waals surface area (Å²) in [5.74, 6) is 0. The highest BCUT2D eigenvalue weighted by Crippen LogP contribution is 2.24. The number of hydrogen-bond acceptors (Lipinski definition) is 3. The van der Waals surface area contributed by atoms with Gasteiger partial charge < -0.3 is 10.1 Å². The summed E-state index contributed by atoms with van der Waals surface area (Å²) in [5.41, 5.74) is 5.81. The lowest BCUT2D eigenvalue weighted by molar-refractivity contribution is 0.257. The molecule has 5 heteroatoms. The number of aromatic amines is 1. The van der Waals surface area contributed by atoms with Crippen molar-refractivity contribution in [1.29, 1.82) is 0 Å². The fraction of sp³-hybridized carbons (Fsp3) is 0.389. The van der Waals surface area contributed by atoms with Crippen LogP contribution in [0, 0.1) is 6.92 Å². The Morgan fingerprint density at radius 1 is 1.26 bits per heavy atom. The van der Waals surface area contributed by atoms with E-state index in [1.165, 1.54) is 27.9 Å². The number of aliphatic hydroxyl groups is 1. The van der Waals surface area contributed by atoms with Crippen molar-refractivity contribution in [3.63, 3.8) is 0 Å². The number of fused-ring (bicyclic) bond motifs is 2. The third-order valence-electron chi connectivity index (χ3n) is 4.76. The second-order valence-corrected chi connectivity index (χ2v) is 6.35. The second kappa shape index (κ2) is 5.83. The molecule has 2 N–H and O–H groups in total. The minimum atomic E-state index is 0.0150. The first kappa shape index (κ1) is 14.5. The van der Waals surface area contributed by atoms with E-state index in [4.69, 9.17) is 0 Å². The number of nitrogens with one attached hydrogen (secondary N) is 1. The van der Waals surface area contributed by atoms with E-state index in [9.17, 15) is 5.11 Å². The summed E-state index contributed by atoms with van der Waals surface area (Å²) >= 11 is 0. The number of H-pyrrole nitrogens is 1. The molecule has 1 aliphatic rings. The zero-order valence-corrected chi connectivity index (χ0v) is 13.4. The van der Waals surface area contributed by atoms with Crippen LogP contribution in [0.15, 0.2) is 30.3 Å². The lowest BCUT2D eigenvalue weighted by Crippen LogP contribution is -2.23. The van der Waals surface area contributed by atoms with Gasteiger partial charge in [0.05, 0.1) is 18.0 Å². The van der Waals surface area contributed by atoms with Gasteiger partial charge in [-0.05, 0) is 31.0 Å². The molecule has 0 atom stereocenters. The van der Waals surface area contributed by atoms with Gasteiger partial charge in [-0.1, -0.05) is 18.2 Å². The highest BCUT2D eigenvalue weighted by Gasteiger charge is 2.18. The Balaban J connectivity index is 1.59. The van der Waals surface area contributed by atoms with Crippen molar-refractivity contribution >= 4 is 10.9 Å².